The van der Waals surface area contributed by atoms with Crippen LogP contribution in [0.1, 0.15) is 214 Å². The van der Waals surface area contributed by atoms with Crippen molar-refractivity contribution in [2.24, 2.45) is 0 Å². The highest BCUT2D eigenvalue weighted by Gasteiger charge is 2.41. The quantitative estimate of drug-likeness (QED) is 0.0327. The molecule has 17 rings (SSSR count). The highest BCUT2D eigenvalue weighted by Crippen LogP contribution is 2.55. The molecule has 0 bridgehead atoms. The molecule has 0 saturated carbocycles. The number of anilines is 1. The van der Waals surface area contributed by atoms with E-state index in [0.717, 1.165) is 103 Å². The van der Waals surface area contributed by atoms with Crippen LogP contribution in [-0.2, 0) is 23.7 Å². The number of hydrogen-bond acceptors (Lipinski definition) is 6. The molecule has 2 aliphatic heterocycles. The van der Waals surface area contributed by atoms with E-state index < -0.39 is 11.8 Å². The van der Waals surface area contributed by atoms with Gasteiger partial charge < -0.3 is 9.47 Å². The normalized spacial score (nSPS) is 13.7. The highest BCUT2D eigenvalue weighted by molar-refractivity contribution is 6.45. The van der Waals surface area contributed by atoms with E-state index in [9.17, 15) is 9.59 Å². The van der Waals surface area contributed by atoms with Gasteiger partial charge in [-0.15, -0.1) is 0 Å². The number of hydrogen-bond donors (Lipinski definition) is 0. The second-order valence-corrected chi connectivity index (χ2v) is 32.7. The summed E-state index contributed by atoms with van der Waals surface area (Å²) in [6.07, 6.45) is 10.6. The predicted octanol–water partition coefficient (Wildman–Crippen LogP) is 26.4. The zero-order chi connectivity index (χ0) is 73.4. The Labute approximate surface area is 620 Å². The van der Waals surface area contributed by atoms with Crippen LogP contribution in [0.5, 0.6) is 23.0 Å². The number of amides is 4. The van der Waals surface area contributed by atoms with Crippen molar-refractivity contribution < 1.29 is 28.7 Å². The fourth-order valence-corrected chi connectivity index (χ4v) is 17.8. The van der Waals surface area contributed by atoms with E-state index in [0.29, 0.717) is 80.1 Å². The Morgan fingerprint density at radius 1 is 0.330 bits per heavy atom. The lowest BCUT2D eigenvalue weighted by atomic mass is 9.81. The Balaban J connectivity index is 0.726. The molecular formula is C98H90N2O6. The van der Waals surface area contributed by atoms with Crippen LogP contribution in [0.15, 0.2) is 200 Å². The molecule has 528 valence electrons. The summed E-state index contributed by atoms with van der Waals surface area (Å²) < 4.78 is 14.5. The van der Waals surface area contributed by atoms with Gasteiger partial charge in [-0.3, -0.25) is 24.1 Å². The van der Waals surface area contributed by atoms with Gasteiger partial charge in [-0.1, -0.05) is 260 Å². The maximum Gasteiger partial charge on any atom is 0.266 e. The number of carbonyl (C=O) groups excluding carboxylic acids is 4. The summed E-state index contributed by atoms with van der Waals surface area (Å²) >= 11 is 0. The van der Waals surface area contributed by atoms with Crippen LogP contribution in [0.25, 0.3) is 108 Å². The van der Waals surface area contributed by atoms with E-state index in [1.165, 1.54) is 89.7 Å². The third-order valence-corrected chi connectivity index (χ3v) is 23.2. The van der Waals surface area contributed by atoms with Crippen molar-refractivity contribution in [2.45, 2.75) is 163 Å². The molecule has 4 amide bonds. The van der Waals surface area contributed by atoms with Gasteiger partial charge in [0.2, 0.25) is 0 Å². The van der Waals surface area contributed by atoms with Crippen LogP contribution in [-0.4, -0.2) is 35.1 Å². The van der Waals surface area contributed by atoms with Gasteiger partial charge in [-0.25, -0.2) is 4.90 Å². The third-order valence-electron chi connectivity index (χ3n) is 23.2. The van der Waals surface area contributed by atoms with Gasteiger partial charge in [0, 0.05) is 44.6 Å². The van der Waals surface area contributed by atoms with Gasteiger partial charge in [-0.2, -0.15) is 0 Å². The molecule has 2 heterocycles. The molecule has 0 unspecified atom stereocenters. The Morgan fingerprint density at radius 3 is 1.24 bits per heavy atom. The zero-order valence-corrected chi connectivity index (χ0v) is 62.8. The van der Waals surface area contributed by atoms with Gasteiger partial charge in [0.1, 0.15) is 23.0 Å². The topological polar surface area (TPSA) is 93.2 Å². The lowest BCUT2D eigenvalue weighted by molar-refractivity contribution is 0.0606. The van der Waals surface area contributed by atoms with Crippen molar-refractivity contribution >= 4 is 126 Å². The summed E-state index contributed by atoms with van der Waals surface area (Å²) in [6.45, 7) is 24.1. The maximum atomic E-state index is 16.0. The summed E-state index contributed by atoms with van der Waals surface area (Å²) in [5, 5.41) is 18.4. The molecule has 0 aromatic heterocycles. The van der Waals surface area contributed by atoms with E-state index in [-0.39, 0.29) is 34.5 Å². The standard InChI is InChI=1S/C98H90N2O6/c1-12-13-14-17-25-58-37-47-74-73-34-22-30-67-59(38-48-75(85(67)73)72-33-21-29-66(58)84(72)74)26-18-15-16-19-53-99-93(101)78-36-24-32-71-69(50-52-79(87(71)78)94(99)102)68-49-51-77-86-70(68)31-23-35-76(86)89-82(105-62-43-39-60(40-44-62)97(6,7)8)54-80-88-81(55-83(90(77)91(88)89)106-63-45-41-61(42-46-63)98(9,10)11)96(104)100(95(80)103)92-64(56(2)3)27-20-28-65(92)57(4)5/h20-24,27-52,54-57H,12-19,25-26,53H2,1-11H3. The van der Waals surface area contributed by atoms with Crippen LogP contribution in [0.4, 0.5) is 5.69 Å². The minimum Gasteiger partial charge on any atom is -0.457 e. The number of carbonyl (C=O) groups is 4. The number of nitrogens with zero attached hydrogens (tertiary/aromatic N) is 2. The van der Waals surface area contributed by atoms with E-state index in [1.54, 1.807) is 0 Å². The van der Waals surface area contributed by atoms with E-state index >= 15 is 9.59 Å². The molecule has 0 aliphatic carbocycles. The van der Waals surface area contributed by atoms with E-state index in [4.69, 9.17) is 9.47 Å². The molecular weight excluding hydrogens is 1300 g/mol. The Hall–Kier alpha value is -11.0. The smallest absolute Gasteiger partial charge is 0.266 e. The van der Waals surface area contributed by atoms with Crippen molar-refractivity contribution in [3.63, 3.8) is 0 Å². The first-order chi connectivity index (χ1) is 51.2. The molecule has 0 radical (unpaired) electrons. The molecule has 15 aromatic rings. The third kappa shape index (κ3) is 11.1. The summed E-state index contributed by atoms with van der Waals surface area (Å²) in [4.78, 5) is 64.8. The molecule has 8 nitrogen and oxygen atoms in total. The number of fused-ring (bicyclic) bond motifs is 4. The van der Waals surface area contributed by atoms with Gasteiger partial charge in [0.15, 0.2) is 0 Å². The van der Waals surface area contributed by atoms with Gasteiger partial charge in [0.25, 0.3) is 23.6 Å². The Kier molecular flexibility index (Phi) is 16.9. The monoisotopic (exact) mass is 1390 g/mol. The van der Waals surface area contributed by atoms with Crippen molar-refractivity contribution in [3.8, 4) is 34.1 Å². The van der Waals surface area contributed by atoms with Crippen LogP contribution in [0, 0.1) is 0 Å². The highest BCUT2D eigenvalue weighted by atomic mass is 16.5. The molecule has 2 aliphatic rings. The number of unbranched alkanes of at least 4 members (excludes halogenated alkanes) is 6. The zero-order valence-electron chi connectivity index (χ0n) is 62.8. The summed E-state index contributed by atoms with van der Waals surface area (Å²) in [7, 11) is 0. The largest absolute Gasteiger partial charge is 0.457 e. The number of benzene rings is 15. The second kappa shape index (κ2) is 26.3. The summed E-state index contributed by atoms with van der Waals surface area (Å²) in [5.74, 6) is 0.671. The fourth-order valence-electron chi connectivity index (χ4n) is 17.8. The van der Waals surface area contributed by atoms with Gasteiger partial charge in [0.05, 0.1) is 16.8 Å². The van der Waals surface area contributed by atoms with Gasteiger partial charge >= 0.3 is 0 Å². The van der Waals surface area contributed by atoms with Crippen molar-refractivity contribution in [3.05, 3.63) is 256 Å². The van der Waals surface area contributed by atoms with Crippen molar-refractivity contribution in [2.75, 3.05) is 11.4 Å². The SMILES string of the molecule is CCCCCCc1ccc2c3cccc4c(CCCCCCN5C(=O)c6cccc7c(-c8ccc9c%10c(Oc%11ccc(C(C)(C)C)cc%11)cc%11c%12c(cc(Oc%13ccc(C(C)(C)C)cc%13)c(c%13cccc8c%139)c%12%10)C(=O)N(c8c(C(C)C)cccc8C(C)C)C%11=O)ccc(c67)C5=O)ccc(c5cccc1c25)c43. The molecule has 0 N–H and O–H groups in total. The minimum atomic E-state index is -0.426. The maximum absolute atomic E-state index is 16.0. The lowest BCUT2D eigenvalue weighted by Crippen LogP contribution is -2.42. The summed E-state index contributed by atoms with van der Waals surface area (Å²) in [5.41, 5.74) is 10.8. The molecule has 8 heteroatoms. The van der Waals surface area contributed by atoms with Crippen LogP contribution >= 0.6 is 0 Å². The molecule has 0 spiro atoms. The lowest BCUT2D eigenvalue weighted by Gasteiger charge is -2.33. The number of ether oxygens (including phenoxy) is 2. The van der Waals surface area contributed by atoms with Crippen LogP contribution in [0.3, 0.4) is 0 Å². The van der Waals surface area contributed by atoms with Crippen LogP contribution < -0.4 is 14.4 Å². The van der Waals surface area contributed by atoms with Crippen molar-refractivity contribution in [1.82, 2.24) is 4.90 Å². The fraction of sp³-hybridized carbons (Fsp3) is 0.265. The van der Waals surface area contributed by atoms with Crippen LogP contribution in [0.2, 0.25) is 0 Å². The average Bonchev–Trinajstić information content (AvgIpc) is 0.684. The first kappa shape index (κ1) is 68.2. The van der Waals surface area contributed by atoms with Crippen molar-refractivity contribution in [1.29, 1.82) is 0 Å². The molecule has 0 fully saturated rings. The second-order valence-electron chi connectivity index (χ2n) is 32.7. The first-order valence-corrected chi connectivity index (χ1v) is 38.5. The number of aryl methyl sites for hydroxylation is 2. The molecule has 106 heavy (non-hydrogen) atoms. The number of rotatable bonds is 20. The molecule has 0 atom stereocenters. The summed E-state index contributed by atoms with van der Waals surface area (Å²) in [6, 6.07) is 69.7. The average molecular weight is 1390 g/mol. The Morgan fingerprint density at radius 2 is 0.726 bits per heavy atom. The Bertz CT molecular complexity index is 5920. The van der Waals surface area contributed by atoms with E-state index in [2.05, 4.69) is 191 Å². The number of imide groups is 2. The van der Waals surface area contributed by atoms with Gasteiger partial charge in [-0.05, 0) is 218 Å². The predicted molar refractivity (Wildman–Crippen MR) is 440 cm³/mol. The number of para-hydroxylation sites is 1. The minimum absolute atomic E-state index is 0.00877. The van der Waals surface area contributed by atoms with E-state index in [1.807, 2.05) is 84.9 Å². The first-order valence-electron chi connectivity index (χ1n) is 38.5. The molecule has 15 aromatic carbocycles. The molecule has 0 saturated heterocycles.